The zero-order chi connectivity index (χ0) is 31.6. The lowest BCUT2D eigenvalue weighted by Crippen LogP contribution is -2.39. The first-order chi connectivity index (χ1) is 21.7. The Balaban J connectivity index is 1.31. The van der Waals surface area contributed by atoms with Crippen LogP contribution >= 0.6 is 15.9 Å². The van der Waals surface area contributed by atoms with E-state index in [4.69, 9.17) is 14.2 Å². The van der Waals surface area contributed by atoms with E-state index in [0.29, 0.717) is 42.0 Å². The summed E-state index contributed by atoms with van der Waals surface area (Å²) < 4.78 is 16.9. The molecule has 0 spiro atoms. The van der Waals surface area contributed by atoms with Gasteiger partial charge in [-0.25, -0.2) is 0 Å². The molecule has 11 heteroatoms. The van der Waals surface area contributed by atoms with E-state index >= 15 is 0 Å². The molecule has 0 saturated carbocycles. The number of phenols is 1. The van der Waals surface area contributed by atoms with Crippen LogP contribution in [-0.2, 0) is 23.9 Å². The highest BCUT2D eigenvalue weighted by atomic mass is 79.9. The number of ketones is 2. The predicted octanol–water partition coefficient (Wildman–Crippen LogP) is 4.21. The monoisotopic (exact) mass is 674 g/mol. The summed E-state index contributed by atoms with van der Waals surface area (Å²) in [7, 11) is 2.90. The highest BCUT2D eigenvalue weighted by Crippen LogP contribution is 2.58. The molecule has 7 rings (SSSR count). The minimum Gasteiger partial charge on any atom is -0.508 e. The molecular formula is C34H31BrN2O8. The molecule has 2 amide bonds. The number of morpholine rings is 1. The van der Waals surface area contributed by atoms with Gasteiger partial charge >= 0.3 is 0 Å². The number of hydrogen-bond donors (Lipinski definition) is 1. The summed E-state index contributed by atoms with van der Waals surface area (Å²) in [6.45, 7) is 2.82. The Morgan fingerprint density at radius 1 is 0.911 bits per heavy atom. The van der Waals surface area contributed by atoms with Crippen molar-refractivity contribution >= 4 is 50.7 Å². The number of anilines is 2. The molecule has 45 heavy (non-hydrogen) atoms. The van der Waals surface area contributed by atoms with Gasteiger partial charge in [0.15, 0.2) is 11.6 Å². The fourth-order valence-electron chi connectivity index (χ4n) is 7.64. The van der Waals surface area contributed by atoms with E-state index in [0.717, 1.165) is 24.4 Å². The highest BCUT2D eigenvalue weighted by molar-refractivity contribution is 9.12. The molecule has 2 aromatic rings. The van der Waals surface area contributed by atoms with Crippen molar-refractivity contribution in [3.8, 4) is 17.2 Å². The van der Waals surface area contributed by atoms with Crippen LogP contribution in [0, 0.1) is 17.8 Å². The number of methoxy groups -OCH3 is 2. The van der Waals surface area contributed by atoms with Gasteiger partial charge in [0, 0.05) is 59.6 Å². The number of carbonyl (C=O) groups excluding carboxylic acids is 4. The van der Waals surface area contributed by atoms with Crippen LogP contribution in [-0.4, -0.2) is 69.0 Å². The van der Waals surface area contributed by atoms with E-state index in [1.165, 1.54) is 37.3 Å². The van der Waals surface area contributed by atoms with Gasteiger partial charge in [0.05, 0.1) is 49.4 Å². The molecule has 5 aliphatic rings. The average molecular weight is 676 g/mol. The lowest BCUT2D eigenvalue weighted by molar-refractivity contribution is -0.123. The summed E-state index contributed by atoms with van der Waals surface area (Å²) in [5, 5.41) is 10.4. The van der Waals surface area contributed by atoms with Gasteiger partial charge in [-0.05, 0) is 59.0 Å². The van der Waals surface area contributed by atoms with Gasteiger partial charge in [-0.2, -0.15) is 0 Å². The normalized spacial score (nSPS) is 26.3. The molecule has 2 saturated heterocycles. The number of ether oxygens (including phenoxy) is 3. The number of fused-ring (bicyclic) bond motifs is 3. The van der Waals surface area contributed by atoms with Gasteiger partial charge in [-0.15, -0.1) is 0 Å². The van der Waals surface area contributed by atoms with E-state index in [2.05, 4.69) is 20.8 Å². The van der Waals surface area contributed by atoms with Crippen LogP contribution in [0.25, 0.3) is 0 Å². The summed E-state index contributed by atoms with van der Waals surface area (Å²) in [6, 6.07) is 10.3. The standard InChI is InChI=1S/C34H31BrN2O8/c1-43-26-13-19(38)14-27(44-2)31(26)30-20-7-8-21-28(22(20)15-23-29(30)25(39)16-24(35)32(23)40)34(42)37(33(21)41)18-5-3-17(4-6-18)36-9-11-45-12-10-36/h3-7,13-14,16,21-22,28,30,38H,8-12,15H2,1-2H3/t21-,22+,28-,30-/m0/s1. The molecule has 2 heterocycles. The highest BCUT2D eigenvalue weighted by Gasteiger charge is 2.57. The molecule has 1 N–H and O–H groups in total. The van der Waals surface area contributed by atoms with Gasteiger partial charge in [0.1, 0.15) is 17.2 Å². The van der Waals surface area contributed by atoms with Crippen LogP contribution < -0.4 is 19.3 Å². The Morgan fingerprint density at radius 2 is 1.56 bits per heavy atom. The van der Waals surface area contributed by atoms with E-state index in [-0.39, 0.29) is 51.5 Å². The predicted molar refractivity (Wildman–Crippen MR) is 168 cm³/mol. The van der Waals surface area contributed by atoms with E-state index in [1.54, 1.807) is 12.1 Å². The largest absolute Gasteiger partial charge is 0.508 e. The Morgan fingerprint density at radius 3 is 2.20 bits per heavy atom. The van der Waals surface area contributed by atoms with Crippen LogP contribution in [0.4, 0.5) is 11.4 Å². The quantitative estimate of drug-likeness (QED) is 0.282. The zero-order valence-corrected chi connectivity index (χ0v) is 26.3. The van der Waals surface area contributed by atoms with Gasteiger partial charge < -0.3 is 24.2 Å². The number of amides is 2. The summed E-state index contributed by atoms with van der Waals surface area (Å²) in [5.74, 6) is -3.46. The Bertz CT molecular complexity index is 1710. The molecule has 2 aromatic carbocycles. The topological polar surface area (TPSA) is 123 Å². The van der Waals surface area contributed by atoms with Crippen LogP contribution in [0.2, 0.25) is 0 Å². The maximum Gasteiger partial charge on any atom is 0.238 e. The lowest BCUT2D eigenvalue weighted by atomic mass is 9.59. The second kappa shape index (κ2) is 11.3. The van der Waals surface area contributed by atoms with Crippen molar-refractivity contribution in [3.05, 3.63) is 75.3 Å². The van der Waals surface area contributed by atoms with Crippen molar-refractivity contribution in [2.45, 2.75) is 18.8 Å². The van der Waals surface area contributed by atoms with Crippen molar-refractivity contribution in [2.75, 3.05) is 50.3 Å². The molecule has 0 aromatic heterocycles. The van der Waals surface area contributed by atoms with E-state index in [1.807, 2.05) is 18.2 Å². The maximum atomic E-state index is 14.3. The number of imide groups is 1. The first-order valence-corrected chi connectivity index (χ1v) is 15.7. The van der Waals surface area contributed by atoms with Gasteiger partial charge in [0.2, 0.25) is 11.8 Å². The first-order valence-electron chi connectivity index (χ1n) is 14.9. The van der Waals surface area contributed by atoms with Gasteiger partial charge in [-0.1, -0.05) is 11.6 Å². The number of benzene rings is 2. The SMILES string of the molecule is COc1cc(O)cc(OC)c1[C@H]1C2=CC[C@@H]3C(=O)N(c4ccc(N5CCOCC5)cc4)C(=O)[C@@H]3[C@@H]2CC2=C1C(=O)C=C(Br)C2=O. The second-order valence-electron chi connectivity index (χ2n) is 11.8. The van der Waals surface area contributed by atoms with E-state index < -0.39 is 23.7 Å². The molecule has 0 radical (unpaired) electrons. The van der Waals surface area contributed by atoms with Gasteiger partial charge in [-0.3, -0.25) is 24.1 Å². The molecule has 2 aliphatic heterocycles. The number of halogens is 1. The lowest BCUT2D eigenvalue weighted by Gasteiger charge is -2.42. The van der Waals surface area contributed by atoms with Crippen LogP contribution in [0.3, 0.4) is 0 Å². The molecule has 0 bridgehead atoms. The zero-order valence-electron chi connectivity index (χ0n) is 24.7. The number of carbonyl (C=O) groups is 4. The average Bonchev–Trinajstić information content (AvgIpc) is 3.32. The summed E-state index contributed by atoms with van der Waals surface area (Å²) in [5.41, 5.74) is 3.32. The fourth-order valence-corrected chi connectivity index (χ4v) is 8.08. The van der Waals surface area contributed by atoms with Crippen molar-refractivity contribution in [1.29, 1.82) is 0 Å². The van der Waals surface area contributed by atoms with Crippen molar-refractivity contribution < 1.29 is 38.5 Å². The van der Waals surface area contributed by atoms with Crippen molar-refractivity contribution in [3.63, 3.8) is 0 Å². The third-order valence-electron chi connectivity index (χ3n) is 9.63. The van der Waals surface area contributed by atoms with Gasteiger partial charge in [0.25, 0.3) is 0 Å². The Kier molecular flexibility index (Phi) is 7.40. The molecule has 0 unspecified atom stereocenters. The third kappa shape index (κ3) is 4.63. The first kappa shape index (κ1) is 29.5. The molecule has 2 fully saturated rings. The number of Topliss-reactive ketones (excluding diaryl/α,β-unsaturated/α-hetero) is 1. The number of aromatic hydroxyl groups is 1. The smallest absolute Gasteiger partial charge is 0.238 e. The Hall–Kier alpha value is -4.22. The fraction of sp³-hybridized carbons (Fsp3) is 0.353. The third-order valence-corrected chi connectivity index (χ3v) is 10.2. The molecule has 232 valence electrons. The van der Waals surface area contributed by atoms with E-state index in [9.17, 15) is 24.3 Å². The summed E-state index contributed by atoms with van der Waals surface area (Å²) in [4.78, 5) is 58.8. The number of allylic oxidation sites excluding steroid dienone is 6. The van der Waals surface area contributed by atoms with Crippen LogP contribution in [0.15, 0.2) is 69.8 Å². The summed E-state index contributed by atoms with van der Waals surface area (Å²) in [6.07, 6.45) is 3.64. The number of phenolic OH excluding ortho intramolecular Hbond substituents is 1. The number of nitrogens with zero attached hydrogens (tertiary/aromatic N) is 2. The number of rotatable bonds is 5. The van der Waals surface area contributed by atoms with Crippen LogP contribution in [0.1, 0.15) is 24.3 Å². The molecular weight excluding hydrogens is 644 g/mol. The Labute approximate surface area is 268 Å². The van der Waals surface area contributed by atoms with Crippen molar-refractivity contribution in [2.24, 2.45) is 17.8 Å². The second-order valence-corrected chi connectivity index (χ2v) is 12.6. The summed E-state index contributed by atoms with van der Waals surface area (Å²) >= 11 is 3.26. The minimum atomic E-state index is -0.789. The minimum absolute atomic E-state index is 0.0905. The molecule has 10 nitrogen and oxygen atoms in total. The maximum absolute atomic E-state index is 14.3. The number of hydrogen-bond acceptors (Lipinski definition) is 9. The molecule has 4 atom stereocenters. The van der Waals surface area contributed by atoms with Crippen LogP contribution in [0.5, 0.6) is 17.2 Å². The molecule has 3 aliphatic carbocycles. The van der Waals surface area contributed by atoms with Crippen molar-refractivity contribution in [1.82, 2.24) is 0 Å².